The van der Waals surface area contributed by atoms with E-state index in [1.807, 2.05) is 49.5 Å². The average Bonchev–Trinajstić information content (AvgIpc) is 3.13. The molecule has 5 rings (SSSR count). The van der Waals surface area contributed by atoms with Gasteiger partial charge in [0, 0.05) is 17.0 Å². The lowest BCUT2D eigenvalue weighted by Crippen LogP contribution is -2.15. The zero-order valence-corrected chi connectivity index (χ0v) is 15.5. The van der Waals surface area contributed by atoms with Gasteiger partial charge in [-0.15, -0.1) is 0 Å². The fourth-order valence-corrected chi connectivity index (χ4v) is 3.73. The van der Waals surface area contributed by atoms with E-state index < -0.39 is 0 Å². The summed E-state index contributed by atoms with van der Waals surface area (Å²) in [5, 5.41) is 3.13. The molecule has 0 spiro atoms. The Bertz CT molecular complexity index is 1080. The minimum atomic E-state index is 0.0355. The molecule has 2 heterocycles. The fourth-order valence-electron chi connectivity index (χ4n) is 3.73. The highest BCUT2D eigenvalue weighted by molar-refractivity contribution is 5.71. The van der Waals surface area contributed by atoms with Crippen LogP contribution in [0, 0.1) is 0 Å². The standard InChI is InChI=1S/C23H20N4O/c1-24-14-20-25-22(15-8-3-2-4-9-15)27-23(26-20)18-12-7-11-17-16-10-5-6-13-19(16)28-21(17)18/h2-13,16,19,24H,14H2,1H3. The Morgan fingerprint density at radius 3 is 2.57 bits per heavy atom. The third-order valence-electron chi connectivity index (χ3n) is 5.03. The molecule has 2 aliphatic rings. The van der Waals surface area contributed by atoms with Gasteiger partial charge >= 0.3 is 0 Å². The number of allylic oxidation sites excluding steroid dienone is 2. The molecule has 1 aliphatic heterocycles. The number of nitrogens with one attached hydrogen (secondary N) is 1. The number of ether oxygens (including phenoxy) is 1. The first-order chi connectivity index (χ1) is 13.8. The Hall–Kier alpha value is -3.31. The molecule has 1 N–H and O–H groups in total. The van der Waals surface area contributed by atoms with Crippen LogP contribution in [0.4, 0.5) is 0 Å². The zero-order chi connectivity index (χ0) is 18.9. The summed E-state index contributed by atoms with van der Waals surface area (Å²) in [5.74, 6) is 3.13. The Morgan fingerprint density at radius 2 is 1.71 bits per heavy atom. The molecular weight excluding hydrogens is 348 g/mol. The van der Waals surface area contributed by atoms with Gasteiger partial charge in [-0.25, -0.2) is 15.0 Å². The van der Waals surface area contributed by atoms with Crippen molar-refractivity contribution in [3.63, 3.8) is 0 Å². The summed E-state index contributed by atoms with van der Waals surface area (Å²) < 4.78 is 6.29. The van der Waals surface area contributed by atoms with Gasteiger partial charge in [-0.05, 0) is 19.2 Å². The smallest absolute Gasteiger partial charge is 0.167 e. The molecule has 28 heavy (non-hydrogen) atoms. The minimum absolute atomic E-state index is 0.0355. The normalized spacial score (nSPS) is 19.2. The summed E-state index contributed by atoms with van der Waals surface area (Å²) in [6, 6.07) is 16.2. The minimum Gasteiger partial charge on any atom is -0.484 e. The van der Waals surface area contributed by atoms with Crippen LogP contribution >= 0.6 is 0 Å². The van der Waals surface area contributed by atoms with Gasteiger partial charge < -0.3 is 10.1 Å². The van der Waals surface area contributed by atoms with Crippen molar-refractivity contribution in [1.82, 2.24) is 20.3 Å². The fraction of sp³-hybridized carbons (Fsp3) is 0.174. The second kappa shape index (κ2) is 7.02. The maximum Gasteiger partial charge on any atom is 0.167 e. The molecule has 0 saturated carbocycles. The summed E-state index contributed by atoms with van der Waals surface area (Å²) in [6.07, 6.45) is 8.44. The zero-order valence-electron chi connectivity index (χ0n) is 15.5. The number of para-hydroxylation sites is 1. The van der Waals surface area contributed by atoms with Crippen molar-refractivity contribution in [2.75, 3.05) is 7.05 Å². The van der Waals surface area contributed by atoms with Crippen molar-refractivity contribution in [3.05, 3.63) is 84.2 Å². The van der Waals surface area contributed by atoms with E-state index >= 15 is 0 Å². The van der Waals surface area contributed by atoms with Crippen LogP contribution < -0.4 is 10.1 Å². The molecule has 2 atom stereocenters. The van der Waals surface area contributed by atoms with Crippen molar-refractivity contribution in [1.29, 1.82) is 0 Å². The van der Waals surface area contributed by atoms with Gasteiger partial charge in [-0.3, -0.25) is 0 Å². The molecule has 0 radical (unpaired) electrons. The van der Waals surface area contributed by atoms with Gasteiger partial charge in [0.15, 0.2) is 11.6 Å². The molecule has 0 fully saturated rings. The van der Waals surface area contributed by atoms with Crippen LogP contribution in [0.5, 0.6) is 5.75 Å². The number of hydrogen-bond acceptors (Lipinski definition) is 5. The molecule has 0 amide bonds. The first-order valence-electron chi connectivity index (χ1n) is 9.43. The van der Waals surface area contributed by atoms with Crippen LogP contribution in [-0.2, 0) is 6.54 Å². The third-order valence-corrected chi connectivity index (χ3v) is 5.03. The predicted octanol–water partition coefficient (Wildman–Crippen LogP) is 3.90. The largest absolute Gasteiger partial charge is 0.484 e. The third kappa shape index (κ3) is 2.90. The van der Waals surface area contributed by atoms with Gasteiger partial charge in [-0.1, -0.05) is 60.7 Å². The molecular formula is C23H20N4O. The number of rotatable bonds is 4. The van der Waals surface area contributed by atoms with E-state index in [0.29, 0.717) is 24.0 Å². The van der Waals surface area contributed by atoms with E-state index in [4.69, 9.17) is 14.7 Å². The Kier molecular flexibility index (Phi) is 4.22. The quantitative estimate of drug-likeness (QED) is 0.757. The molecule has 138 valence electrons. The molecule has 2 unspecified atom stereocenters. The monoisotopic (exact) mass is 368 g/mol. The number of fused-ring (bicyclic) bond motifs is 3. The van der Waals surface area contributed by atoms with Gasteiger partial charge in [-0.2, -0.15) is 0 Å². The molecule has 3 aromatic rings. The average molecular weight is 368 g/mol. The molecule has 1 aromatic heterocycles. The number of aromatic nitrogens is 3. The van der Waals surface area contributed by atoms with E-state index in [2.05, 4.69) is 40.7 Å². The number of benzene rings is 2. The summed E-state index contributed by atoms with van der Waals surface area (Å²) >= 11 is 0. The van der Waals surface area contributed by atoms with Crippen molar-refractivity contribution in [3.8, 4) is 28.5 Å². The second-order valence-electron chi connectivity index (χ2n) is 6.90. The molecule has 0 bridgehead atoms. The highest BCUT2D eigenvalue weighted by Crippen LogP contribution is 2.45. The molecule has 2 aromatic carbocycles. The maximum absolute atomic E-state index is 6.29. The van der Waals surface area contributed by atoms with Crippen molar-refractivity contribution in [2.24, 2.45) is 0 Å². The van der Waals surface area contributed by atoms with Gasteiger partial charge in [0.1, 0.15) is 17.7 Å². The van der Waals surface area contributed by atoms with Crippen LogP contribution in [0.15, 0.2) is 72.8 Å². The number of nitrogens with zero attached hydrogens (tertiary/aromatic N) is 3. The lowest BCUT2D eigenvalue weighted by molar-refractivity contribution is 0.269. The molecule has 0 saturated heterocycles. The van der Waals surface area contributed by atoms with Crippen LogP contribution in [0.3, 0.4) is 0 Å². The van der Waals surface area contributed by atoms with Gasteiger partial charge in [0.05, 0.1) is 12.1 Å². The Morgan fingerprint density at radius 1 is 0.893 bits per heavy atom. The summed E-state index contributed by atoms with van der Waals surface area (Å²) in [5.41, 5.74) is 3.06. The Labute approximate surface area is 163 Å². The van der Waals surface area contributed by atoms with Crippen molar-refractivity contribution >= 4 is 0 Å². The Balaban J connectivity index is 1.65. The van der Waals surface area contributed by atoms with Crippen molar-refractivity contribution < 1.29 is 4.74 Å². The van der Waals surface area contributed by atoms with Gasteiger partial charge in [0.2, 0.25) is 0 Å². The predicted molar refractivity (Wildman–Crippen MR) is 109 cm³/mol. The first-order valence-corrected chi connectivity index (χ1v) is 9.43. The first kappa shape index (κ1) is 16.8. The van der Waals surface area contributed by atoms with Crippen LogP contribution in [0.1, 0.15) is 17.3 Å². The van der Waals surface area contributed by atoms with E-state index in [1.54, 1.807) is 0 Å². The lowest BCUT2D eigenvalue weighted by Gasteiger charge is -2.14. The molecule has 5 nitrogen and oxygen atoms in total. The highest BCUT2D eigenvalue weighted by Gasteiger charge is 2.34. The topological polar surface area (TPSA) is 59.9 Å². The van der Waals surface area contributed by atoms with Crippen molar-refractivity contribution in [2.45, 2.75) is 18.6 Å². The van der Waals surface area contributed by atoms with E-state index in [1.165, 1.54) is 5.56 Å². The van der Waals surface area contributed by atoms with Crippen LogP contribution in [-0.4, -0.2) is 28.1 Å². The molecule has 5 heteroatoms. The summed E-state index contributed by atoms with van der Waals surface area (Å²) in [6.45, 7) is 0.571. The summed E-state index contributed by atoms with van der Waals surface area (Å²) in [4.78, 5) is 14.1. The molecule has 1 aliphatic carbocycles. The lowest BCUT2D eigenvalue weighted by atomic mass is 9.91. The SMILES string of the molecule is CNCc1nc(-c2ccccc2)nc(-c2cccc3c2OC2C=CC=CC32)n1. The van der Waals surface area contributed by atoms with Crippen LogP contribution in [0.2, 0.25) is 0 Å². The van der Waals surface area contributed by atoms with Gasteiger partial charge in [0.25, 0.3) is 0 Å². The second-order valence-corrected chi connectivity index (χ2v) is 6.90. The van der Waals surface area contributed by atoms with E-state index in [-0.39, 0.29) is 12.0 Å². The van der Waals surface area contributed by atoms with Crippen LogP contribution in [0.25, 0.3) is 22.8 Å². The van der Waals surface area contributed by atoms with E-state index in [9.17, 15) is 0 Å². The maximum atomic E-state index is 6.29. The van der Waals surface area contributed by atoms with E-state index in [0.717, 1.165) is 16.9 Å². The summed E-state index contributed by atoms with van der Waals surface area (Å²) in [7, 11) is 1.89. The number of hydrogen-bond donors (Lipinski definition) is 1. The highest BCUT2D eigenvalue weighted by atomic mass is 16.5.